The molecule has 0 amide bonds. The van der Waals surface area contributed by atoms with E-state index in [0.717, 1.165) is 0 Å². The molecule has 0 saturated carbocycles. The van der Waals surface area contributed by atoms with Gasteiger partial charge in [0.2, 0.25) is 0 Å². The molecule has 2 heteroatoms. The van der Waals surface area contributed by atoms with Crippen LogP contribution in [0.15, 0.2) is 18.2 Å². The molecule has 0 spiro atoms. The molecule has 1 aromatic carbocycles. The van der Waals surface area contributed by atoms with E-state index in [1.54, 1.807) is 0 Å². The van der Waals surface area contributed by atoms with Crippen LogP contribution in [0.2, 0.25) is 0 Å². The zero-order valence-corrected chi connectivity index (χ0v) is 13.2. The van der Waals surface area contributed by atoms with Crippen LogP contribution in [-0.2, 0) is 0 Å². The molecule has 0 bridgehead atoms. The third-order valence-electron chi connectivity index (χ3n) is 1.43. The Hall–Kier alpha value is 0.572. The van der Waals surface area contributed by atoms with Crippen molar-refractivity contribution in [1.29, 1.82) is 0 Å². The van der Waals surface area contributed by atoms with Crippen molar-refractivity contribution in [3.8, 4) is 0 Å². The van der Waals surface area contributed by atoms with E-state index in [1.807, 2.05) is 0 Å². The van der Waals surface area contributed by atoms with Crippen LogP contribution >= 0.6 is 9.24 Å². The van der Waals surface area contributed by atoms with Gasteiger partial charge in [-0.25, -0.2) is 0 Å². The standard InChI is InChI=1S/C8H11P.Pb.2H/c1-6-3-4-8(9)7(2)5-6;;;/h3-5H,9H2,1-2H3;;;. The fraction of sp³-hybridized carbons (Fsp3) is 0.250. The predicted molar refractivity (Wildman–Crippen MR) is 53.8 cm³/mol. The zero-order valence-electron chi connectivity index (χ0n) is 6.52. The first-order valence-corrected chi connectivity index (χ1v) is 3.60. The van der Waals surface area contributed by atoms with Crippen molar-refractivity contribution < 1.29 is 0 Å². The predicted octanol–water partition coefficient (Wildman–Crippen LogP) is 0.888. The van der Waals surface area contributed by atoms with Gasteiger partial charge in [-0.3, -0.25) is 0 Å². The van der Waals surface area contributed by atoms with E-state index in [-0.39, 0.29) is 27.3 Å². The molecule has 0 N–H and O–H groups in total. The Kier molecular flexibility index (Phi) is 4.70. The van der Waals surface area contributed by atoms with Crippen molar-refractivity contribution in [3.63, 3.8) is 0 Å². The molecule has 1 aromatic rings. The summed E-state index contributed by atoms with van der Waals surface area (Å²) in [5.74, 6) is 0. The quantitative estimate of drug-likeness (QED) is 0.483. The van der Waals surface area contributed by atoms with Gasteiger partial charge in [-0.1, -0.05) is 23.8 Å². The summed E-state index contributed by atoms with van der Waals surface area (Å²) in [6, 6.07) is 6.42. The van der Waals surface area contributed by atoms with Crippen molar-refractivity contribution in [3.05, 3.63) is 29.3 Å². The zero-order chi connectivity index (χ0) is 6.85. The summed E-state index contributed by atoms with van der Waals surface area (Å²) >= 11 is 0. The van der Waals surface area contributed by atoms with E-state index in [0.29, 0.717) is 0 Å². The van der Waals surface area contributed by atoms with Crippen LogP contribution < -0.4 is 5.30 Å². The van der Waals surface area contributed by atoms with Gasteiger partial charge in [0, 0.05) is 0 Å². The van der Waals surface area contributed by atoms with Gasteiger partial charge in [-0.2, -0.15) is 0 Å². The van der Waals surface area contributed by atoms with E-state index >= 15 is 0 Å². The first kappa shape index (κ1) is 10.6. The van der Waals surface area contributed by atoms with Gasteiger partial charge < -0.3 is 0 Å². The van der Waals surface area contributed by atoms with E-state index in [2.05, 4.69) is 41.3 Å². The molecule has 1 unspecified atom stereocenters. The topological polar surface area (TPSA) is 0 Å². The summed E-state index contributed by atoms with van der Waals surface area (Å²) in [6.45, 7) is 4.23. The third kappa shape index (κ3) is 2.67. The van der Waals surface area contributed by atoms with Crippen molar-refractivity contribution in [2.75, 3.05) is 0 Å². The molecule has 0 heterocycles. The summed E-state index contributed by atoms with van der Waals surface area (Å²) in [4.78, 5) is 0. The summed E-state index contributed by atoms with van der Waals surface area (Å²) < 4.78 is 0. The fourth-order valence-corrected chi connectivity index (χ4v) is 1.01. The first-order valence-electron chi connectivity index (χ1n) is 3.03. The second-order valence-electron chi connectivity index (χ2n) is 2.36. The Balaban J connectivity index is 0.000000810. The van der Waals surface area contributed by atoms with Crippen LogP contribution in [-0.4, -0.2) is 27.3 Å². The Bertz CT molecular complexity index is 220. The summed E-state index contributed by atoms with van der Waals surface area (Å²) in [5.41, 5.74) is 2.68. The second kappa shape index (κ2) is 4.45. The average Bonchev–Trinajstić information content (AvgIpc) is 1.80. The van der Waals surface area contributed by atoms with Gasteiger partial charge in [0.05, 0.1) is 0 Å². The number of aryl methyl sites for hydroxylation is 2. The molecule has 0 fully saturated rings. The molecule has 0 nitrogen and oxygen atoms in total. The monoisotopic (exact) mass is 348 g/mol. The summed E-state index contributed by atoms with van der Waals surface area (Å²) in [6.07, 6.45) is 0. The van der Waals surface area contributed by atoms with Crippen molar-refractivity contribution >= 4 is 41.8 Å². The molecule has 0 aliphatic rings. The van der Waals surface area contributed by atoms with E-state index < -0.39 is 0 Å². The Morgan fingerprint density at radius 1 is 1.20 bits per heavy atom. The van der Waals surface area contributed by atoms with Crippen LogP contribution in [0.25, 0.3) is 0 Å². The van der Waals surface area contributed by atoms with Gasteiger partial charge in [-0.05, 0) is 24.7 Å². The SMILES string of the molecule is Cc1ccc(P)c(C)c1.[PbH2]. The summed E-state index contributed by atoms with van der Waals surface area (Å²) in [7, 11) is 2.71. The molecule has 10 heavy (non-hydrogen) atoms. The molecular weight excluding hydrogens is 334 g/mol. The first-order chi connectivity index (χ1) is 4.20. The van der Waals surface area contributed by atoms with Crippen LogP contribution in [0.5, 0.6) is 0 Å². The molecular formula is C8H13PPb. The molecule has 54 valence electrons. The maximum atomic E-state index is 2.71. The van der Waals surface area contributed by atoms with Gasteiger partial charge in [0.1, 0.15) is 0 Å². The van der Waals surface area contributed by atoms with Gasteiger partial charge in [0.25, 0.3) is 0 Å². The van der Waals surface area contributed by atoms with E-state index in [9.17, 15) is 0 Å². The third-order valence-corrected chi connectivity index (χ3v) is 2.07. The Labute approximate surface area is 84.8 Å². The number of benzene rings is 1. The number of rotatable bonds is 0. The molecule has 1 atom stereocenters. The average molecular weight is 347 g/mol. The normalized spacial score (nSPS) is 8.70. The van der Waals surface area contributed by atoms with Crippen LogP contribution in [0.1, 0.15) is 11.1 Å². The van der Waals surface area contributed by atoms with Gasteiger partial charge in [0.15, 0.2) is 0 Å². The number of hydrogen-bond donors (Lipinski definition) is 0. The number of hydrogen-bond acceptors (Lipinski definition) is 0. The van der Waals surface area contributed by atoms with Crippen molar-refractivity contribution in [2.24, 2.45) is 0 Å². The molecule has 0 aliphatic heterocycles. The van der Waals surface area contributed by atoms with Crippen LogP contribution in [0.4, 0.5) is 0 Å². The summed E-state index contributed by atoms with van der Waals surface area (Å²) in [5, 5.41) is 1.29. The maximum absolute atomic E-state index is 2.71. The molecule has 0 saturated heterocycles. The van der Waals surface area contributed by atoms with Crippen molar-refractivity contribution in [2.45, 2.75) is 13.8 Å². The molecule has 0 aromatic heterocycles. The second-order valence-corrected chi connectivity index (χ2v) is 2.98. The minimum atomic E-state index is 0. The molecule has 0 aliphatic carbocycles. The molecule has 2 radical (unpaired) electrons. The van der Waals surface area contributed by atoms with Gasteiger partial charge >= 0.3 is 27.3 Å². The Morgan fingerprint density at radius 2 is 1.80 bits per heavy atom. The van der Waals surface area contributed by atoms with E-state index in [4.69, 9.17) is 0 Å². The fourth-order valence-electron chi connectivity index (χ4n) is 0.826. The van der Waals surface area contributed by atoms with Crippen LogP contribution in [0, 0.1) is 13.8 Å². The molecule has 1 rings (SSSR count). The minimum absolute atomic E-state index is 0. The van der Waals surface area contributed by atoms with Crippen LogP contribution in [0.3, 0.4) is 0 Å². The Morgan fingerprint density at radius 3 is 2.20 bits per heavy atom. The van der Waals surface area contributed by atoms with Crippen molar-refractivity contribution in [1.82, 2.24) is 0 Å². The van der Waals surface area contributed by atoms with E-state index in [1.165, 1.54) is 16.4 Å². The van der Waals surface area contributed by atoms with Gasteiger partial charge in [-0.15, -0.1) is 9.24 Å².